The zero-order valence-electron chi connectivity index (χ0n) is 11.0. The van der Waals surface area contributed by atoms with Crippen LogP contribution in [0.2, 0.25) is 0 Å². The third-order valence-electron chi connectivity index (χ3n) is 2.90. The number of hydrogen-bond acceptors (Lipinski definition) is 3. The Morgan fingerprint density at radius 1 is 1.47 bits per heavy atom. The van der Waals surface area contributed by atoms with Gasteiger partial charge in [0.15, 0.2) is 0 Å². The molecule has 0 saturated carbocycles. The number of rotatable bonds is 7. The summed E-state index contributed by atoms with van der Waals surface area (Å²) in [5.41, 5.74) is -0.193. The molecule has 0 aliphatic rings. The lowest BCUT2D eigenvalue weighted by Crippen LogP contribution is -2.21. The minimum Gasteiger partial charge on any atom is -0.338 e. The fourth-order valence-corrected chi connectivity index (χ4v) is 1.67. The van der Waals surface area contributed by atoms with E-state index in [0.29, 0.717) is 0 Å². The molecule has 1 heterocycles. The van der Waals surface area contributed by atoms with E-state index in [4.69, 9.17) is 5.26 Å². The van der Waals surface area contributed by atoms with Gasteiger partial charge in [-0.1, -0.05) is 0 Å². The van der Waals surface area contributed by atoms with Crippen LogP contribution in [0.5, 0.6) is 0 Å². The molecule has 0 bridgehead atoms. The van der Waals surface area contributed by atoms with Gasteiger partial charge in [-0.2, -0.15) is 5.26 Å². The first-order chi connectivity index (χ1) is 8.05. The molecule has 1 N–H and O–H groups in total. The van der Waals surface area contributed by atoms with Gasteiger partial charge in [-0.15, -0.1) is 0 Å². The van der Waals surface area contributed by atoms with Gasteiger partial charge in [0, 0.05) is 32.4 Å². The lowest BCUT2D eigenvalue weighted by Gasteiger charge is -2.14. The average Bonchev–Trinajstić information content (AvgIpc) is 2.69. The number of hydrogen-bond donors (Lipinski definition) is 1. The summed E-state index contributed by atoms with van der Waals surface area (Å²) in [5, 5.41) is 12.3. The van der Waals surface area contributed by atoms with E-state index in [0.717, 1.165) is 38.2 Å². The molecule has 1 rings (SSSR count). The van der Waals surface area contributed by atoms with Gasteiger partial charge in [0.1, 0.15) is 5.82 Å². The second-order valence-electron chi connectivity index (χ2n) is 5.05. The Labute approximate surface area is 104 Å². The van der Waals surface area contributed by atoms with Gasteiger partial charge < -0.3 is 9.88 Å². The Morgan fingerprint density at radius 3 is 2.82 bits per heavy atom. The van der Waals surface area contributed by atoms with Crippen molar-refractivity contribution >= 4 is 0 Å². The van der Waals surface area contributed by atoms with E-state index in [2.05, 4.69) is 16.4 Å². The molecule has 0 aliphatic carbocycles. The number of aryl methyl sites for hydroxylation is 1. The van der Waals surface area contributed by atoms with Gasteiger partial charge in [-0.25, -0.2) is 4.98 Å². The molecule has 0 amide bonds. The van der Waals surface area contributed by atoms with Crippen molar-refractivity contribution in [1.29, 1.82) is 5.26 Å². The Kier molecular flexibility index (Phi) is 5.17. The smallest absolute Gasteiger partial charge is 0.109 e. The van der Waals surface area contributed by atoms with Crippen LogP contribution in [0.3, 0.4) is 0 Å². The molecule has 1 aromatic heterocycles. The normalized spacial score (nSPS) is 11.4. The summed E-state index contributed by atoms with van der Waals surface area (Å²) in [6, 6.07) is 2.32. The fraction of sp³-hybridized carbons (Fsp3) is 0.692. The number of aromatic nitrogens is 2. The van der Waals surface area contributed by atoms with Gasteiger partial charge in [-0.05, 0) is 33.2 Å². The number of nitriles is 1. The SMILES string of the molecule is Cn1ccnc1CCNCCCC(C)(C)C#N. The lowest BCUT2D eigenvalue weighted by atomic mass is 9.90. The summed E-state index contributed by atoms with van der Waals surface area (Å²) in [5.74, 6) is 1.11. The highest BCUT2D eigenvalue weighted by Gasteiger charge is 2.15. The summed E-state index contributed by atoms with van der Waals surface area (Å²) in [4.78, 5) is 4.27. The second kappa shape index (κ2) is 6.41. The van der Waals surface area contributed by atoms with Gasteiger partial charge in [-0.3, -0.25) is 0 Å². The molecule has 94 valence electrons. The van der Waals surface area contributed by atoms with Gasteiger partial charge >= 0.3 is 0 Å². The molecule has 0 saturated heterocycles. The van der Waals surface area contributed by atoms with Gasteiger partial charge in [0.2, 0.25) is 0 Å². The molecule has 0 spiro atoms. The van der Waals surface area contributed by atoms with E-state index in [-0.39, 0.29) is 5.41 Å². The zero-order valence-corrected chi connectivity index (χ0v) is 11.0. The Morgan fingerprint density at radius 2 is 2.24 bits per heavy atom. The highest BCUT2D eigenvalue weighted by molar-refractivity contribution is 4.92. The Balaban J connectivity index is 2.06. The van der Waals surface area contributed by atoms with Crippen LogP contribution in [0, 0.1) is 16.7 Å². The van der Waals surface area contributed by atoms with E-state index in [1.54, 1.807) is 0 Å². The first-order valence-corrected chi connectivity index (χ1v) is 6.13. The Hall–Kier alpha value is -1.34. The van der Waals surface area contributed by atoms with Gasteiger partial charge in [0.05, 0.1) is 11.5 Å². The molecule has 0 aliphatic heterocycles. The Bertz CT molecular complexity index is 373. The molecular weight excluding hydrogens is 212 g/mol. The number of nitrogens with zero attached hydrogens (tertiary/aromatic N) is 3. The van der Waals surface area contributed by atoms with E-state index in [1.807, 2.05) is 37.9 Å². The van der Waals surface area contributed by atoms with Crippen molar-refractivity contribution in [2.45, 2.75) is 33.1 Å². The quantitative estimate of drug-likeness (QED) is 0.733. The molecule has 4 heteroatoms. The van der Waals surface area contributed by atoms with Crippen molar-refractivity contribution in [3.05, 3.63) is 18.2 Å². The highest BCUT2D eigenvalue weighted by Crippen LogP contribution is 2.19. The van der Waals surface area contributed by atoms with E-state index >= 15 is 0 Å². The monoisotopic (exact) mass is 234 g/mol. The standard InChI is InChI=1S/C13H22N4/c1-13(2,11-14)6-4-7-15-8-5-12-16-9-10-17(12)3/h9-10,15H,4-8H2,1-3H3. The average molecular weight is 234 g/mol. The molecule has 4 nitrogen and oxygen atoms in total. The molecule has 0 fully saturated rings. The van der Waals surface area contributed by atoms with Crippen LogP contribution in [-0.2, 0) is 13.5 Å². The predicted octanol–water partition coefficient (Wildman–Crippen LogP) is 1.88. The molecule has 0 aromatic carbocycles. The van der Waals surface area contributed by atoms with Crippen molar-refractivity contribution in [3.63, 3.8) is 0 Å². The third kappa shape index (κ3) is 5.01. The second-order valence-corrected chi connectivity index (χ2v) is 5.05. The largest absolute Gasteiger partial charge is 0.338 e. The third-order valence-corrected chi connectivity index (χ3v) is 2.90. The minimum atomic E-state index is -0.193. The maximum Gasteiger partial charge on any atom is 0.109 e. The molecule has 1 aromatic rings. The maximum atomic E-state index is 8.87. The summed E-state index contributed by atoms with van der Waals surface area (Å²) in [6.45, 7) is 5.88. The van der Waals surface area contributed by atoms with E-state index < -0.39 is 0 Å². The van der Waals surface area contributed by atoms with Crippen LogP contribution in [0.1, 0.15) is 32.5 Å². The first-order valence-electron chi connectivity index (χ1n) is 6.13. The van der Waals surface area contributed by atoms with Gasteiger partial charge in [0.25, 0.3) is 0 Å². The van der Waals surface area contributed by atoms with Crippen LogP contribution in [-0.4, -0.2) is 22.6 Å². The molecule has 0 unspecified atom stereocenters. The highest BCUT2D eigenvalue weighted by atomic mass is 15.0. The maximum absolute atomic E-state index is 8.87. The first kappa shape index (κ1) is 13.7. The van der Waals surface area contributed by atoms with Crippen molar-refractivity contribution in [3.8, 4) is 6.07 Å². The number of imidazole rings is 1. The minimum absolute atomic E-state index is 0.193. The van der Waals surface area contributed by atoms with Crippen molar-refractivity contribution in [2.75, 3.05) is 13.1 Å². The van der Waals surface area contributed by atoms with Crippen LogP contribution in [0.25, 0.3) is 0 Å². The lowest BCUT2D eigenvalue weighted by molar-refractivity contribution is 0.426. The van der Waals surface area contributed by atoms with E-state index in [1.165, 1.54) is 0 Å². The summed E-state index contributed by atoms with van der Waals surface area (Å²) < 4.78 is 2.04. The van der Waals surface area contributed by atoms with Crippen LogP contribution < -0.4 is 5.32 Å². The molecular formula is C13H22N4. The van der Waals surface area contributed by atoms with Crippen LogP contribution in [0.4, 0.5) is 0 Å². The fourth-order valence-electron chi connectivity index (χ4n) is 1.67. The molecule has 0 radical (unpaired) electrons. The number of nitrogens with one attached hydrogen (secondary N) is 1. The van der Waals surface area contributed by atoms with Crippen LogP contribution >= 0.6 is 0 Å². The van der Waals surface area contributed by atoms with E-state index in [9.17, 15) is 0 Å². The molecule has 17 heavy (non-hydrogen) atoms. The van der Waals surface area contributed by atoms with Crippen LogP contribution in [0.15, 0.2) is 12.4 Å². The summed E-state index contributed by atoms with van der Waals surface area (Å²) in [7, 11) is 2.01. The molecule has 0 atom stereocenters. The van der Waals surface area contributed by atoms with Crippen molar-refractivity contribution < 1.29 is 0 Å². The summed E-state index contributed by atoms with van der Waals surface area (Å²) in [6.07, 6.45) is 6.72. The predicted molar refractivity (Wildman–Crippen MR) is 68.4 cm³/mol. The van der Waals surface area contributed by atoms with Crippen molar-refractivity contribution in [1.82, 2.24) is 14.9 Å². The topological polar surface area (TPSA) is 53.6 Å². The zero-order chi connectivity index (χ0) is 12.7. The summed E-state index contributed by atoms with van der Waals surface area (Å²) >= 11 is 0. The van der Waals surface area contributed by atoms with Crippen molar-refractivity contribution in [2.24, 2.45) is 12.5 Å².